The Balaban J connectivity index is 4.05. The Bertz CT molecular complexity index is 306. The van der Waals surface area contributed by atoms with Crippen LogP contribution in [0.3, 0.4) is 0 Å². The summed E-state index contributed by atoms with van der Waals surface area (Å²) >= 11 is 0. The molecule has 2 N–H and O–H groups in total. The summed E-state index contributed by atoms with van der Waals surface area (Å²) in [4.78, 5) is 12.0. The van der Waals surface area contributed by atoms with E-state index in [0.29, 0.717) is 6.54 Å². The van der Waals surface area contributed by atoms with Gasteiger partial charge in [-0.25, -0.2) is 13.1 Å². The molecule has 0 aliphatic heterocycles. The van der Waals surface area contributed by atoms with Crippen molar-refractivity contribution in [2.75, 3.05) is 6.54 Å². The molecule has 0 bridgehead atoms. The second-order valence-electron chi connectivity index (χ2n) is 5.09. The lowest BCUT2D eigenvalue weighted by Gasteiger charge is -2.21. The molecule has 0 aliphatic rings. The Kier molecular flexibility index (Phi) is 9.23. The van der Waals surface area contributed by atoms with E-state index in [1.165, 1.54) is 0 Å². The number of carbonyl (C=O) groups is 1. The van der Waals surface area contributed by atoms with Gasteiger partial charge in [0.1, 0.15) is 0 Å². The van der Waals surface area contributed by atoms with E-state index in [4.69, 9.17) is 0 Å². The molecule has 6 heteroatoms. The molecule has 18 heavy (non-hydrogen) atoms. The average Bonchev–Trinajstić information content (AvgIpc) is 2.24. The van der Waals surface area contributed by atoms with E-state index in [-0.39, 0.29) is 23.8 Å². The first-order valence-corrected chi connectivity index (χ1v) is 7.70. The van der Waals surface area contributed by atoms with E-state index in [0.717, 1.165) is 19.3 Å². The Hall–Kier alpha value is -0.460. The second kappa shape index (κ2) is 9.47. The van der Waals surface area contributed by atoms with Crippen molar-refractivity contribution in [2.45, 2.75) is 59.0 Å². The summed E-state index contributed by atoms with van der Waals surface area (Å²) in [6.45, 7) is 8.29. The molecule has 0 fully saturated rings. The van der Waals surface area contributed by atoms with Crippen LogP contribution in [0.1, 0.15) is 47.0 Å². The molecule has 0 rings (SSSR count). The zero-order valence-electron chi connectivity index (χ0n) is 11.7. The minimum Gasteiger partial charge on any atom is -0.305 e. The highest BCUT2D eigenvalue weighted by molar-refractivity contribution is 7.70. The first kappa shape index (κ1) is 17.5. The van der Waals surface area contributed by atoms with Crippen LogP contribution in [0.25, 0.3) is 0 Å². The van der Waals surface area contributed by atoms with Gasteiger partial charge in [0.15, 0.2) is 5.78 Å². The molecular weight excluding hydrogens is 252 g/mol. The predicted molar refractivity (Wildman–Crippen MR) is 74.1 cm³/mol. The van der Waals surface area contributed by atoms with Crippen molar-refractivity contribution in [2.24, 2.45) is 5.92 Å². The summed E-state index contributed by atoms with van der Waals surface area (Å²) in [5.41, 5.74) is 0. The lowest BCUT2D eigenvalue weighted by atomic mass is 9.96. The molecule has 1 atom stereocenters. The van der Waals surface area contributed by atoms with Crippen LogP contribution < -0.4 is 10.0 Å². The van der Waals surface area contributed by atoms with Crippen molar-refractivity contribution < 1.29 is 13.2 Å². The standard InChI is InChI=1S/C12H26N2O3S/c1-9(2)12(15)11(14-10(3)4)7-5-6-8-13-18(16)17/h9-11,14,18H,5-8H2,1-4H3,(H,13,16,17)/t11-/m0/s1. The SMILES string of the molecule is CC(C)N[C@@H](CCCCN[SH](=O)=O)C(=O)C(C)C. The van der Waals surface area contributed by atoms with Gasteiger partial charge >= 0.3 is 0 Å². The number of unbranched alkanes of at least 4 members (excludes halogenated alkanes) is 1. The molecule has 108 valence electrons. The largest absolute Gasteiger partial charge is 0.305 e. The van der Waals surface area contributed by atoms with Crippen LogP contribution in [0.4, 0.5) is 0 Å². The van der Waals surface area contributed by atoms with E-state index >= 15 is 0 Å². The maximum absolute atomic E-state index is 12.0. The van der Waals surface area contributed by atoms with E-state index in [2.05, 4.69) is 10.0 Å². The maximum Gasteiger partial charge on any atom is 0.201 e. The normalized spacial score (nSPS) is 13.5. The quantitative estimate of drug-likeness (QED) is 0.409. The first-order valence-electron chi connectivity index (χ1n) is 6.52. The molecule has 0 amide bonds. The number of nitrogens with one attached hydrogen (secondary N) is 2. The van der Waals surface area contributed by atoms with Crippen molar-refractivity contribution in [3.63, 3.8) is 0 Å². The van der Waals surface area contributed by atoms with Crippen LogP contribution in [0.15, 0.2) is 0 Å². The fourth-order valence-electron chi connectivity index (χ4n) is 1.76. The van der Waals surface area contributed by atoms with Gasteiger partial charge in [0.05, 0.1) is 6.04 Å². The van der Waals surface area contributed by atoms with Gasteiger partial charge in [0.25, 0.3) is 0 Å². The van der Waals surface area contributed by atoms with Gasteiger partial charge in [-0.2, -0.15) is 0 Å². The second-order valence-corrected chi connectivity index (χ2v) is 5.92. The van der Waals surface area contributed by atoms with Crippen molar-refractivity contribution in [1.82, 2.24) is 10.0 Å². The fourth-order valence-corrected chi connectivity index (χ4v) is 2.10. The summed E-state index contributed by atoms with van der Waals surface area (Å²) in [5.74, 6) is 0.252. The zero-order chi connectivity index (χ0) is 14.1. The van der Waals surface area contributed by atoms with E-state index in [9.17, 15) is 13.2 Å². The van der Waals surface area contributed by atoms with Gasteiger partial charge < -0.3 is 5.32 Å². The van der Waals surface area contributed by atoms with Crippen LogP contribution in [0, 0.1) is 5.92 Å². The minimum absolute atomic E-state index is 0.0236. The molecule has 0 aromatic rings. The highest BCUT2D eigenvalue weighted by Crippen LogP contribution is 2.08. The van der Waals surface area contributed by atoms with Crippen LogP contribution in [0.2, 0.25) is 0 Å². The van der Waals surface area contributed by atoms with E-state index < -0.39 is 10.9 Å². The molecule has 0 aromatic carbocycles. The van der Waals surface area contributed by atoms with E-state index in [1.54, 1.807) is 0 Å². The molecule has 0 radical (unpaired) electrons. The number of hydrogen-bond donors (Lipinski definition) is 3. The van der Waals surface area contributed by atoms with Crippen molar-refractivity contribution in [1.29, 1.82) is 0 Å². The zero-order valence-corrected chi connectivity index (χ0v) is 12.6. The monoisotopic (exact) mass is 278 g/mol. The number of thiol groups is 1. The number of Topliss-reactive ketones (excluding diaryl/α,β-unsaturated/α-hetero) is 1. The predicted octanol–water partition coefficient (Wildman–Crippen LogP) is 0.864. The number of rotatable bonds is 10. The third kappa shape index (κ3) is 8.60. The summed E-state index contributed by atoms with van der Waals surface area (Å²) in [5, 5.41) is 3.27. The molecular formula is C12H26N2O3S. The molecule has 0 aromatic heterocycles. The van der Waals surface area contributed by atoms with Gasteiger partial charge in [0, 0.05) is 18.5 Å². The molecule has 0 spiro atoms. The minimum atomic E-state index is -2.50. The first-order chi connectivity index (χ1) is 8.34. The Morgan fingerprint density at radius 2 is 1.72 bits per heavy atom. The van der Waals surface area contributed by atoms with E-state index in [1.807, 2.05) is 27.7 Å². The number of ketones is 1. The highest BCUT2D eigenvalue weighted by atomic mass is 32.2. The summed E-state index contributed by atoms with van der Waals surface area (Å²) in [6.07, 6.45) is 2.34. The van der Waals surface area contributed by atoms with Gasteiger partial charge in [-0.1, -0.05) is 34.1 Å². The van der Waals surface area contributed by atoms with Gasteiger partial charge in [-0.15, -0.1) is 0 Å². The number of hydrogen-bond acceptors (Lipinski definition) is 4. The molecule has 0 saturated carbocycles. The van der Waals surface area contributed by atoms with Crippen LogP contribution in [0.5, 0.6) is 0 Å². The van der Waals surface area contributed by atoms with Gasteiger partial charge in [-0.3, -0.25) is 4.79 Å². The maximum atomic E-state index is 12.0. The van der Waals surface area contributed by atoms with Crippen molar-refractivity contribution in [3.8, 4) is 0 Å². The molecule has 0 aliphatic carbocycles. The lowest BCUT2D eigenvalue weighted by Crippen LogP contribution is -2.42. The molecule has 0 heterocycles. The van der Waals surface area contributed by atoms with Crippen LogP contribution in [-0.2, 0) is 15.7 Å². The number of carbonyl (C=O) groups excluding carboxylic acids is 1. The Morgan fingerprint density at radius 1 is 1.11 bits per heavy atom. The Morgan fingerprint density at radius 3 is 2.17 bits per heavy atom. The fraction of sp³-hybridized carbons (Fsp3) is 0.917. The van der Waals surface area contributed by atoms with Gasteiger partial charge in [-0.05, 0) is 12.8 Å². The summed E-state index contributed by atoms with van der Waals surface area (Å²) in [7, 11) is -2.50. The van der Waals surface area contributed by atoms with Crippen molar-refractivity contribution >= 4 is 16.7 Å². The van der Waals surface area contributed by atoms with Crippen molar-refractivity contribution in [3.05, 3.63) is 0 Å². The Labute approximate surface area is 112 Å². The average molecular weight is 278 g/mol. The summed E-state index contributed by atoms with van der Waals surface area (Å²) < 4.78 is 23.0. The van der Waals surface area contributed by atoms with Crippen LogP contribution in [-0.4, -0.2) is 32.8 Å². The molecule has 5 nitrogen and oxygen atoms in total. The molecule has 0 unspecified atom stereocenters. The topological polar surface area (TPSA) is 75.3 Å². The van der Waals surface area contributed by atoms with Crippen LogP contribution >= 0.6 is 0 Å². The smallest absolute Gasteiger partial charge is 0.201 e. The third-order valence-corrected chi connectivity index (χ3v) is 3.09. The van der Waals surface area contributed by atoms with Gasteiger partial charge in [0.2, 0.25) is 10.9 Å². The summed E-state index contributed by atoms with van der Waals surface area (Å²) in [6, 6.07) is 0.151. The lowest BCUT2D eigenvalue weighted by molar-refractivity contribution is -0.124. The third-order valence-electron chi connectivity index (χ3n) is 2.61. The molecule has 0 saturated heterocycles. The highest BCUT2D eigenvalue weighted by Gasteiger charge is 2.20.